The zero-order chi connectivity index (χ0) is 18.8. The van der Waals surface area contributed by atoms with Crippen molar-refractivity contribution in [1.29, 1.82) is 0 Å². The van der Waals surface area contributed by atoms with Crippen LogP contribution in [0.2, 0.25) is 0 Å². The molecule has 1 aromatic carbocycles. The first-order chi connectivity index (χ1) is 12.4. The highest BCUT2D eigenvalue weighted by Gasteiger charge is 2.15. The Morgan fingerprint density at radius 3 is 2.73 bits per heavy atom. The number of fused-ring (bicyclic) bond motifs is 1. The molecule has 0 aliphatic rings. The molecular formula is C19H24N4O2S. The fraction of sp³-hybridized carbons (Fsp3) is 0.421. The van der Waals surface area contributed by atoms with Crippen LogP contribution in [0.5, 0.6) is 0 Å². The van der Waals surface area contributed by atoms with Gasteiger partial charge < -0.3 is 9.30 Å². The Balaban J connectivity index is 2.17. The van der Waals surface area contributed by atoms with Crippen LogP contribution in [0.15, 0.2) is 23.2 Å². The second-order valence-electron chi connectivity index (χ2n) is 6.36. The number of benzene rings is 1. The van der Waals surface area contributed by atoms with Crippen molar-refractivity contribution in [1.82, 2.24) is 14.3 Å². The largest absolute Gasteiger partial charge is 0.383 e. The summed E-state index contributed by atoms with van der Waals surface area (Å²) in [5, 5.41) is 4.34. The van der Waals surface area contributed by atoms with Crippen LogP contribution < -0.4 is 4.80 Å². The molecule has 0 unspecified atom stereocenters. The number of thiazole rings is 1. The lowest BCUT2D eigenvalue weighted by Gasteiger charge is -2.06. The van der Waals surface area contributed by atoms with E-state index in [1.807, 2.05) is 13.8 Å². The first-order valence-corrected chi connectivity index (χ1v) is 9.49. The molecule has 7 heteroatoms. The molecule has 3 rings (SSSR count). The van der Waals surface area contributed by atoms with Crippen LogP contribution in [0.4, 0.5) is 0 Å². The van der Waals surface area contributed by atoms with Crippen molar-refractivity contribution in [2.24, 2.45) is 4.99 Å². The number of carbonyl (C=O) groups is 1. The van der Waals surface area contributed by atoms with Gasteiger partial charge >= 0.3 is 0 Å². The summed E-state index contributed by atoms with van der Waals surface area (Å²) in [4.78, 5) is 17.9. The van der Waals surface area contributed by atoms with Crippen molar-refractivity contribution in [3.63, 3.8) is 0 Å². The van der Waals surface area contributed by atoms with E-state index in [9.17, 15) is 4.79 Å². The third-order valence-corrected chi connectivity index (χ3v) is 5.48. The molecule has 0 bridgehead atoms. The molecular weight excluding hydrogens is 348 g/mol. The number of rotatable bonds is 5. The van der Waals surface area contributed by atoms with Gasteiger partial charge in [0.2, 0.25) is 0 Å². The summed E-state index contributed by atoms with van der Waals surface area (Å²) in [6.07, 6.45) is 0. The predicted octanol–water partition coefficient (Wildman–Crippen LogP) is 3.23. The fourth-order valence-electron chi connectivity index (χ4n) is 3.10. The molecule has 0 N–H and O–H groups in total. The molecule has 0 aliphatic heterocycles. The maximum atomic E-state index is 12.8. The number of ether oxygens (including phenoxy) is 1. The Kier molecular flexibility index (Phi) is 5.38. The van der Waals surface area contributed by atoms with Crippen molar-refractivity contribution in [2.75, 3.05) is 13.7 Å². The molecule has 6 nitrogen and oxygen atoms in total. The summed E-state index contributed by atoms with van der Waals surface area (Å²) in [7, 11) is 1.68. The predicted molar refractivity (Wildman–Crippen MR) is 104 cm³/mol. The number of carbonyl (C=O) groups excluding carboxylic acids is 1. The van der Waals surface area contributed by atoms with Gasteiger partial charge in [0.15, 0.2) is 4.80 Å². The molecule has 2 heterocycles. The quantitative estimate of drug-likeness (QED) is 0.691. The third-order valence-electron chi connectivity index (χ3n) is 4.25. The minimum atomic E-state index is -0.264. The zero-order valence-electron chi connectivity index (χ0n) is 15.9. The minimum absolute atomic E-state index is 0.264. The van der Waals surface area contributed by atoms with Gasteiger partial charge in [-0.05, 0) is 51.0 Å². The molecule has 26 heavy (non-hydrogen) atoms. The Labute approximate surface area is 156 Å². The second kappa shape index (κ2) is 7.55. The van der Waals surface area contributed by atoms with E-state index >= 15 is 0 Å². The highest BCUT2D eigenvalue weighted by atomic mass is 32.1. The fourth-order valence-corrected chi connectivity index (χ4v) is 4.20. The van der Waals surface area contributed by atoms with E-state index in [0.29, 0.717) is 30.2 Å². The lowest BCUT2D eigenvalue weighted by molar-refractivity contribution is 0.0987. The van der Waals surface area contributed by atoms with Gasteiger partial charge in [-0.3, -0.25) is 9.48 Å². The van der Waals surface area contributed by atoms with Gasteiger partial charge in [-0.15, -0.1) is 0 Å². The first-order valence-electron chi connectivity index (χ1n) is 8.67. The van der Waals surface area contributed by atoms with Crippen molar-refractivity contribution in [3.8, 4) is 0 Å². The topological polar surface area (TPSA) is 61.4 Å². The van der Waals surface area contributed by atoms with E-state index in [2.05, 4.69) is 40.6 Å². The van der Waals surface area contributed by atoms with Gasteiger partial charge in [0.1, 0.15) is 5.69 Å². The van der Waals surface area contributed by atoms with E-state index in [1.165, 1.54) is 11.1 Å². The lowest BCUT2D eigenvalue weighted by Crippen LogP contribution is -2.20. The standard InChI is InChI=1S/C19H24N4O2S/c1-6-23-16(11-14(4)21-23)18(24)20-19-22(7-8-25-5)15-10-12(2)9-13(3)17(15)26-19/h9-11H,6-8H2,1-5H3. The molecule has 0 saturated heterocycles. The summed E-state index contributed by atoms with van der Waals surface area (Å²) < 4.78 is 10.2. The minimum Gasteiger partial charge on any atom is -0.383 e. The molecule has 0 radical (unpaired) electrons. The van der Waals surface area contributed by atoms with Gasteiger partial charge in [0.25, 0.3) is 5.91 Å². The summed E-state index contributed by atoms with van der Waals surface area (Å²) >= 11 is 1.54. The van der Waals surface area contributed by atoms with Gasteiger partial charge in [0, 0.05) is 20.2 Å². The highest BCUT2D eigenvalue weighted by molar-refractivity contribution is 7.16. The van der Waals surface area contributed by atoms with Crippen LogP contribution in [0.1, 0.15) is 34.2 Å². The SMILES string of the molecule is CCn1nc(C)cc1C(=O)N=c1sc2c(C)cc(C)cc2n1CCOC. The third kappa shape index (κ3) is 3.50. The van der Waals surface area contributed by atoms with E-state index < -0.39 is 0 Å². The van der Waals surface area contributed by atoms with Gasteiger partial charge in [0.05, 0.1) is 22.5 Å². The number of nitrogens with zero attached hydrogens (tertiary/aromatic N) is 4. The van der Waals surface area contributed by atoms with E-state index in [0.717, 1.165) is 15.9 Å². The molecule has 0 saturated carbocycles. The maximum absolute atomic E-state index is 12.8. The monoisotopic (exact) mass is 372 g/mol. The molecule has 0 aliphatic carbocycles. The highest BCUT2D eigenvalue weighted by Crippen LogP contribution is 2.23. The summed E-state index contributed by atoms with van der Waals surface area (Å²) in [5.74, 6) is -0.264. The van der Waals surface area contributed by atoms with Crippen LogP contribution in [0.3, 0.4) is 0 Å². The maximum Gasteiger partial charge on any atom is 0.297 e. The van der Waals surface area contributed by atoms with Crippen LogP contribution in [0, 0.1) is 20.8 Å². The average Bonchev–Trinajstić information content (AvgIpc) is 3.13. The van der Waals surface area contributed by atoms with E-state index in [4.69, 9.17) is 4.74 Å². The number of aromatic nitrogens is 3. The summed E-state index contributed by atoms with van der Waals surface area (Å²) in [6.45, 7) is 9.87. The molecule has 0 fully saturated rings. The van der Waals surface area contributed by atoms with Crippen molar-refractivity contribution in [3.05, 3.63) is 45.5 Å². The van der Waals surface area contributed by atoms with Gasteiger partial charge in [-0.25, -0.2) is 0 Å². The van der Waals surface area contributed by atoms with Crippen molar-refractivity contribution in [2.45, 2.75) is 40.8 Å². The molecule has 2 aromatic heterocycles. The average molecular weight is 372 g/mol. The van der Waals surface area contributed by atoms with Crippen LogP contribution >= 0.6 is 11.3 Å². The van der Waals surface area contributed by atoms with E-state index in [-0.39, 0.29) is 5.91 Å². The van der Waals surface area contributed by atoms with Crippen molar-refractivity contribution >= 4 is 27.5 Å². The van der Waals surface area contributed by atoms with Gasteiger partial charge in [-0.2, -0.15) is 10.1 Å². The Hall–Kier alpha value is -2.25. The summed E-state index contributed by atoms with van der Waals surface area (Å²) in [6, 6.07) is 6.08. The van der Waals surface area contributed by atoms with Crippen LogP contribution in [-0.4, -0.2) is 34.0 Å². The number of hydrogen-bond donors (Lipinski definition) is 0. The van der Waals surface area contributed by atoms with Crippen LogP contribution in [-0.2, 0) is 17.8 Å². The van der Waals surface area contributed by atoms with Crippen molar-refractivity contribution < 1.29 is 9.53 Å². The first kappa shape index (κ1) is 18.5. The Morgan fingerprint density at radius 2 is 2.04 bits per heavy atom. The van der Waals surface area contributed by atoms with Crippen LogP contribution in [0.25, 0.3) is 10.2 Å². The Bertz CT molecular complexity index is 1030. The zero-order valence-corrected chi connectivity index (χ0v) is 16.7. The number of hydrogen-bond acceptors (Lipinski definition) is 4. The number of methoxy groups -OCH3 is 1. The van der Waals surface area contributed by atoms with Gasteiger partial charge in [-0.1, -0.05) is 17.4 Å². The second-order valence-corrected chi connectivity index (χ2v) is 7.34. The molecule has 3 aromatic rings. The smallest absolute Gasteiger partial charge is 0.297 e. The lowest BCUT2D eigenvalue weighted by atomic mass is 10.1. The molecule has 0 atom stereocenters. The van der Waals surface area contributed by atoms with E-state index in [1.54, 1.807) is 29.2 Å². The normalized spacial score (nSPS) is 12.3. The molecule has 0 spiro atoms. The molecule has 1 amide bonds. The summed E-state index contributed by atoms with van der Waals surface area (Å²) in [5.41, 5.74) is 4.82. The number of amides is 1. The molecule has 138 valence electrons. The number of aryl methyl sites for hydroxylation is 4. The Morgan fingerprint density at radius 1 is 1.27 bits per heavy atom.